The molecule has 1 aliphatic heterocycles. The standard InChI is InChI=1S/C12H14F2N2OS/c1-2-12(6-17)7-18-11(16-12)15-8-3-4-9(13)10(14)5-8/h3-5,17H,2,6-7H2,1H3,(H,15,16). The lowest BCUT2D eigenvalue weighted by Gasteiger charge is -2.19. The van der Waals surface area contributed by atoms with Crippen LogP contribution in [0.15, 0.2) is 23.2 Å². The van der Waals surface area contributed by atoms with E-state index in [2.05, 4.69) is 10.3 Å². The van der Waals surface area contributed by atoms with Crippen molar-refractivity contribution in [2.75, 3.05) is 17.7 Å². The molecule has 1 heterocycles. The van der Waals surface area contributed by atoms with E-state index in [1.165, 1.54) is 17.8 Å². The smallest absolute Gasteiger partial charge is 0.161 e. The van der Waals surface area contributed by atoms with E-state index in [1.54, 1.807) is 0 Å². The summed E-state index contributed by atoms with van der Waals surface area (Å²) in [4.78, 5) is 4.41. The van der Waals surface area contributed by atoms with Gasteiger partial charge in [-0.15, -0.1) is 0 Å². The summed E-state index contributed by atoms with van der Waals surface area (Å²) in [7, 11) is 0. The highest BCUT2D eigenvalue weighted by Crippen LogP contribution is 2.31. The minimum Gasteiger partial charge on any atom is -0.394 e. The van der Waals surface area contributed by atoms with Crippen molar-refractivity contribution in [3.8, 4) is 0 Å². The Labute approximate surface area is 108 Å². The first-order valence-corrected chi connectivity index (χ1v) is 6.63. The second-order valence-electron chi connectivity index (χ2n) is 4.20. The van der Waals surface area contributed by atoms with E-state index in [0.29, 0.717) is 16.6 Å². The predicted molar refractivity (Wildman–Crippen MR) is 70.0 cm³/mol. The van der Waals surface area contributed by atoms with E-state index in [4.69, 9.17) is 0 Å². The van der Waals surface area contributed by atoms with Gasteiger partial charge < -0.3 is 10.4 Å². The summed E-state index contributed by atoms with van der Waals surface area (Å²) >= 11 is 1.47. The molecule has 3 nitrogen and oxygen atoms in total. The van der Waals surface area contributed by atoms with Gasteiger partial charge in [0.05, 0.1) is 12.1 Å². The first-order valence-electron chi connectivity index (χ1n) is 5.64. The van der Waals surface area contributed by atoms with Crippen LogP contribution in [0.5, 0.6) is 0 Å². The molecule has 0 amide bonds. The summed E-state index contributed by atoms with van der Waals surface area (Å²) in [6.45, 7) is 1.94. The average Bonchev–Trinajstić information content (AvgIpc) is 2.78. The summed E-state index contributed by atoms with van der Waals surface area (Å²) in [5, 5.41) is 12.9. The molecule has 1 aromatic carbocycles. The largest absolute Gasteiger partial charge is 0.394 e. The van der Waals surface area contributed by atoms with Gasteiger partial charge in [-0.3, -0.25) is 4.99 Å². The quantitative estimate of drug-likeness (QED) is 0.889. The fourth-order valence-corrected chi connectivity index (χ4v) is 2.83. The van der Waals surface area contributed by atoms with E-state index in [9.17, 15) is 13.9 Å². The van der Waals surface area contributed by atoms with Crippen LogP contribution >= 0.6 is 11.8 Å². The molecule has 1 atom stereocenters. The second-order valence-corrected chi connectivity index (χ2v) is 5.16. The van der Waals surface area contributed by atoms with E-state index >= 15 is 0 Å². The van der Waals surface area contributed by atoms with Crippen molar-refractivity contribution in [3.05, 3.63) is 29.8 Å². The molecule has 1 aromatic rings. The van der Waals surface area contributed by atoms with E-state index in [-0.39, 0.29) is 6.61 Å². The molecule has 1 aliphatic rings. The monoisotopic (exact) mass is 272 g/mol. The number of amidine groups is 1. The number of nitrogens with zero attached hydrogens (tertiary/aromatic N) is 1. The number of anilines is 1. The van der Waals surface area contributed by atoms with Gasteiger partial charge in [-0.2, -0.15) is 0 Å². The lowest BCUT2D eigenvalue weighted by Crippen LogP contribution is -2.30. The summed E-state index contributed by atoms with van der Waals surface area (Å²) in [5.74, 6) is -1.08. The third kappa shape index (κ3) is 2.64. The number of hydrogen-bond acceptors (Lipinski definition) is 4. The van der Waals surface area contributed by atoms with Gasteiger partial charge in [0, 0.05) is 17.5 Å². The average molecular weight is 272 g/mol. The highest BCUT2D eigenvalue weighted by atomic mass is 32.2. The van der Waals surface area contributed by atoms with E-state index in [1.807, 2.05) is 6.92 Å². The van der Waals surface area contributed by atoms with Gasteiger partial charge in [0.15, 0.2) is 16.8 Å². The molecule has 0 aromatic heterocycles. The van der Waals surface area contributed by atoms with Gasteiger partial charge >= 0.3 is 0 Å². The Morgan fingerprint density at radius 2 is 2.22 bits per heavy atom. The van der Waals surface area contributed by atoms with Gasteiger partial charge in [0.2, 0.25) is 0 Å². The highest BCUT2D eigenvalue weighted by Gasteiger charge is 2.33. The fourth-order valence-electron chi connectivity index (χ4n) is 1.62. The number of thioether (sulfide) groups is 1. The fraction of sp³-hybridized carbons (Fsp3) is 0.417. The molecule has 0 saturated carbocycles. The number of aliphatic hydroxyl groups excluding tert-OH is 1. The molecular weight excluding hydrogens is 258 g/mol. The van der Waals surface area contributed by atoms with Crippen LogP contribution in [0.3, 0.4) is 0 Å². The van der Waals surface area contributed by atoms with Crippen molar-refractivity contribution >= 4 is 22.6 Å². The molecule has 18 heavy (non-hydrogen) atoms. The second kappa shape index (κ2) is 5.24. The number of benzene rings is 1. The molecule has 0 bridgehead atoms. The maximum absolute atomic E-state index is 13.0. The molecule has 1 unspecified atom stereocenters. The van der Waals surface area contributed by atoms with Crippen molar-refractivity contribution < 1.29 is 13.9 Å². The molecule has 2 rings (SSSR count). The Hall–Kier alpha value is -1.14. The Morgan fingerprint density at radius 1 is 1.44 bits per heavy atom. The van der Waals surface area contributed by atoms with E-state index in [0.717, 1.165) is 18.6 Å². The van der Waals surface area contributed by atoms with Crippen molar-refractivity contribution in [1.29, 1.82) is 0 Å². The molecule has 2 N–H and O–H groups in total. The Bertz CT molecular complexity index is 475. The SMILES string of the molecule is CCC1(CO)CSC(Nc2ccc(F)c(F)c2)=N1. The number of hydrogen-bond donors (Lipinski definition) is 2. The number of aliphatic imine (C=N–C) groups is 1. The number of halogens is 2. The molecule has 98 valence electrons. The summed E-state index contributed by atoms with van der Waals surface area (Å²) in [6.07, 6.45) is 0.736. The summed E-state index contributed by atoms with van der Waals surface area (Å²) in [5.41, 5.74) is -0.00374. The third-order valence-electron chi connectivity index (χ3n) is 2.94. The highest BCUT2D eigenvalue weighted by molar-refractivity contribution is 8.14. The molecule has 0 aliphatic carbocycles. The molecule has 0 spiro atoms. The van der Waals surface area contributed by atoms with Crippen LogP contribution in [0.25, 0.3) is 0 Å². The van der Waals surface area contributed by atoms with Crippen LogP contribution in [-0.2, 0) is 0 Å². The van der Waals surface area contributed by atoms with Crippen LogP contribution in [0.4, 0.5) is 14.5 Å². The molecular formula is C12H14F2N2OS. The maximum atomic E-state index is 13.0. The van der Waals surface area contributed by atoms with Crippen LogP contribution in [0.1, 0.15) is 13.3 Å². The predicted octanol–water partition coefficient (Wildman–Crippen LogP) is 2.62. The van der Waals surface area contributed by atoms with Gasteiger partial charge in [0.1, 0.15) is 0 Å². The van der Waals surface area contributed by atoms with Gasteiger partial charge in [0.25, 0.3) is 0 Å². The first kappa shape index (κ1) is 13.3. The van der Waals surface area contributed by atoms with Crippen molar-refractivity contribution in [3.63, 3.8) is 0 Å². The summed E-state index contributed by atoms with van der Waals surface area (Å²) in [6, 6.07) is 3.60. The van der Waals surface area contributed by atoms with Gasteiger partial charge in [-0.1, -0.05) is 18.7 Å². The van der Waals surface area contributed by atoms with Crippen LogP contribution in [-0.4, -0.2) is 28.2 Å². The molecule has 0 saturated heterocycles. The maximum Gasteiger partial charge on any atom is 0.161 e. The molecule has 0 fully saturated rings. The Morgan fingerprint density at radius 3 is 2.78 bits per heavy atom. The summed E-state index contributed by atoms with van der Waals surface area (Å²) < 4.78 is 25.8. The van der Waals surface area contributed by atoms with Crippen LogP contribution in [0, 0.1) is 11.6 Å². The zero-order valence-corrected chi connectivity index (χ0v) is 10.7. The van der Waals surface area contributed by atoms with Crippen LogP contribution < -0.4 is 5.32 Å². The lowest BCUT2D eigenvalue weighted by atomic mass is 10.0. The lowest BCUT2D eigenvalue weighted by molar-refractivity contribution is 0.211. The van der Waals surface area contributed by atoms with Gasteiger partial charge in [-0.05, 0) is 18.6 Å². The minimum atomic E-state index is -0.896. The van der Waals surface area contributed by atoms with Crippen LogP contribution in [0.2, 0.25) is 0 Å². The van der Waals surface area contributed by atoms with Crippen molar-refractivity contribution in [2.24, 2.45) is 4.99 Å². The normalized spacial score (nSPS) is 23.0. The van der Waals surface area contributed by atoms with E-state index < -0.39 is 17.2 Å². The minimum absolute atomic E-state index is 0.0144. The van der Waals surface area contributed by atoms with Crippen molar-refractivity contribution in [2.45, 2.75) is 18.9 Å². The van der Waals surface area contributed by atoms with Crippen molar-refractivity contribution in [1.82, 2.24) is 0 Å². The third-order valence-corrected chi connectivity index (χ3v) is 4.09. The number of aliphatic hydroxyl groups is 1. The zero-order chi connectivity index (χ0) is 13.2. The Balaban J connectivity index is 2.13. The number of nitrogens with one attached hydrogen (secondary N) is 1. The zero-order valence-electron chi connectivity index (χ0n) is 9.91. The first-order chi connectivity index (χ1) is 8.58. The molecule has 0 radical (unpaired) electrons. The Kier molecular flexibility index (Phi) is 3.87. The molecule has 6 heteroatoms. The topological polar surface area (TPSA) is 44.6 Å². The van der Waals surface area contributed by atoms with Gasteiger partial charge in [-0.25, -0.2) is 8.78 Å². The number of rotatable bonds is 3.